The smallest absolute Gasteiger partial charge is 0.416 e. The zero-order valence-electron chi connectivity index (χ0n) is 17.3. The lowest BCUT2D eigenvalue weighted by Gasteiger charge is -2.19. The molecular formula is C22H22F3N3O2S. The molecule has 164 valence electrons. The van der Waals surface area contributed by atoms with Crippen LogP contribution in [0.3, 0.4) is 0 Å². The fraction of sp³-hybridized carbons (Fsp3) is 0.273. The highest BCUT2D eigenvalue weighted by Crippen LogP contribution is 2.35. The number of carbonyl (C=O) groups is 1. The molecule has 0 radical (unpaired) electrons. The van der Waals surface area contributed by atoms with Crippen LogP contribution < -0.4 is 15.0 Å². The van der Waals surface area contributed by atoms with Crippen LogP contribution in [0.4, 0.5) is 24.5 Å². The van der Waals surface area contributed by atoms with Crippen LogP contribution >= 0.6 is 11.3 Å². The Kier molecular flexibility index (Phi) is 6.84. The molecule has 9 heteroatoms. The van der Waals surface area contributed by atoms with Crippen molar-refractivity contribution in [2.45, 2.75) is 26.1 Å². The average Bonchev–Trinajstić information content (AvgIpc) is 3.13. The van der Waals surface area contributed by atoms with E-state index in [4.69, 9.17) is 4.74 Å². The molecule has 0 saturated heterocycles. The third kappa shape index (κ3) is 6.21. The Morgan fingerprint density at radius 3 is 2.52 bits per heavy atom. The lowest BCUT2D eigenvalue weighted by molar-refractivity contribution is -0.137. The summed E-state index contributed by atoms with van der Waals surface area (Å²) in [6.07, 6.45) is -4.55. The van der Waals surface area contributed by atoms with Gasteiger partial charge in [-0.3, -0.25) is 4.79 Å². The summed E-state index contributed by atoms with van der Waals surface area (Å²) in [4.78, 5) is 18.5. The summed E-state index contributed by atoms with van der Waals surface area (Å²) in [5, 5.41) is 5.03. The summed E-state index contributed by atoms with van der Waals surface area (Å²) in [5.74, 6) is 0.277. The third-order valence-corrected chi connectivity index (χ3v) is 5.28. The normalized spacial score (nSPS) is 11.3. The molecule has 0 fully saturated rings. The van der Waals surface area contributed by atoms with E-state index in [1.54, 1.807) is 24.4 Å². The average molecular weight is 449 g/mol. The number of aromatic nitrogens is 1. The molecule has 0 atom stereocenters. The molecule has 2 aromatic carbocycles. The van der Waals surface area contributed by atoms with Gasteiger partial charge in [0.1, 0.15) is 17.4 Å². The fourth-order valence-corrected chi connectivity index (χ4v) is 3.54. The molecule has 1 aromatic heterocycles. The maximum absolute atomic E-state index is 13.1. The first kappa shape index (κ1) is 22.6. The molecule has 31 heavy (non-hydrogen) atoms. The van der Waals surface area contributed by atoms with Gasteiger partial charge in [-0.05, 0) is 37.3 Å². The Hall–Kier alpha value is -3.07. The number of alkyl halides is 3. The Balaban J connectivity index is 1.64. The van der Waals surface area contributed by atoms with Crippen LogP contribution in [0, 0.1) is 6.92 Å². The number of ether oxygens (including phenoxy) is 1. The highest BCUT2D eigenvalue weighted by atomic mass is 32.1. The number of nitrogens with one attached hydrogen (secondary N) is 1. The highest BCUT2D eigenvalue weighted by molar-refractivity contribution is 7.09. The lowest BCUT2D eigenvalue weighted by Crippen LogP contribution is -2.19. The van der Waals surface area contributed by atoms with Gasteiger partial charge in [-0.25, -0.2) is 4.98 Å². The maximum Gasteiger partial charge on any atom is 0.416 e. The van der Waals surface area contributed by atoms with Crippen LogP contribution in [0.1, 0.15) is 21.8 Å². The van der Waals surface area contributed by atoms with Crippen molar-refractivity contribution in [2.75, 3.05) is 24.3 Å². The second-order valence-corrected chi connectivity index (χ2v) is 8.13. The van der Waals surface area contributed by atoms with Gasteiger partial charge in [0, 0.05) is 19.5 Å². The number of rotatable bonds is 7. The van der Waals surface area contributed by atoms with Crippen molar-refractivity contribution in [1.82, 2.24) is 4.98 Å². The Labute approximate surface area is 182 Å². The van der Waals surface area contributed by atoms with Gasteiger partial charge >= 0.3 is 6.18 Å². The molecule has 3 aromatic rings. The van der Waals surface area contributed by atoms with Crippen molar-refractivity contribution in [1.29, 1.82) is 0 Å². The molecule has 1 heterocycles. The molecule has 0 unspecified atom stereocenters. The topological polar surface area (TPSA) is 54.5 Å². The summed E-state index contributed by atoms with van der Waals surface area (Å²) in [6.45, 7) is 2.26. The Morgan fingerprint density at radius 1 is 1.16 bits per heavy atom. The minimum absolute atomic E-state index is 0.0514. The fourth-order valence-electron chi connectivity index (χ4n) is 2.84. The van der Waals surface area contributed by atoms with E-state index in [0.717, 1.165) is 23.4 Å². The summed E-state index contributed by atoms with van der Waals surface area (Å²) in [6, 6.07) is 10.9. The molecule has 1 amide bonds. The number of carbonyl (C=O) groups excluding carboxylic acids is 1. The van der Waals surface area contributed by atoms with E-state index in [1.807, 2.05) is 31.2 Å². The number of anilines is 2. The van der Waals surface area contributed by atoms with Gasteiger partial charge < -0.3 is 15.0 Å². The molecule has 1 N–H and O–H groups in total. The van der Waals surface area contributed by atoms with Gasteiger partial charge in [0.05, 0.1) is 29.1 Å². The Morgan fingerprint density at radius 2 is 1.87 bits per heavy atom. The van der Waals surface area contributed by atoms with Gasteiger partial charge in [0.2, 0.25) is 5.91 Å². The predicted molar refractivity (Wildman–Crippen MR) is 116 cm³/mol. The number of thiazole rings is 1. The first-order valence-corrected chi connectivity index (χ1v) is 10.3. The van der Waals surface area contributed by atoms with Crippen LogP contribution in [0.5, 0.6) is 5.75 Å². The van der Waals surface area contributed by atoms with Crippen molar-refractivity contribution >= 4 is 28.6 Å². The van der Waals surface area contributed by atoms with Crippen molar-refractivity contribution < 1.29 is 22.7 Å². The first-order chi connectivity index (χ1) is 14.6. The summed E-state index contributed by atoms with van der Waals surface area (Å²) < 4.78 is 44.9. The second kappa shape index (κ2) is 9.38. The highest BCUT2D eigenvalue weighted by Gasteiger charge is 2.31. The summed E-state index contributed by atoms with van der Waals surface area (Å²) in [7, 11) is 3.39. The van der Waals surface area contributed by atoms with E-state index in [9.17, 15) is 18.0 Å². The number of aryl methyl sites for hydroxylation is 1. The predicted octanol–water partition coefficient (Wildman–Crippen LogP) is 5.30. The Bertz CT molecular complexity index is 1050. The van der Waals surface area contributed by atoms with Crippen LogP contribution in [-0.2, 0) is 24.0 Å². The van der Waals surface area contributed by atoms with E-state index >= 15 is 0 Å². The van der Waals surface area contributed by atoms with Gasteiger partial charge in [-0.2, -0.15) is 13.2 Å². The van der Waals surface area contributed by atoms with Gasteiger partial charge in [0.25, 0.3) is 0 Å². The number of benzene rings is 2. The number of halogens is 3. The molecule has 0 saturated carbocycles. The van der Waals surface area contributed by atoms with Gasteiger partial charge in [-0.1, -0.05) is 17.7 Å². The number of hydrogen-bond donors (Lipinski definition) is 1. The summed E-state index contributed by atoms with van der Waals surface area (Å²) in [5.41, 5.74) is 1.42. The number of hydrogen-bond acceptors (Lipinski definition) is 5. The lowest BCUT2D eigenvalue weighted by atomic mass is 10.1. The van der Waals surface area contributed by atoms with E-state index in [2.05, 4.69) is 10.3 Å². The SMILES string of the molecule is Cc1ccc(OCc2nc(CC(=O)Nc3cc(C(F)(F)F)ccc3N(C)C)cs2)cc1. The minimum atomic E-state index is -4.49. The molecule has 0 bridgehead atoms. The van der Waals surface area contributed by atoms with Crippen LogP contribution in [0.2, 0.25) is 0 Å². The van der Waals surface area contributed by atoms with Gasteiger partial charge in [0.15, 0.2) is 0 Å². The number of nitrogens with zero attached hydrogens (tertiary/aromatic N) is 2. The monoisotopic (exact) mass is 449 g/mol. The van der Waals surface area contributed by atoms with E-state index in [0.29, 0.717) is 16.4 Å². The molecule has 0 aliphatic carbocycles. The third-order valence-electron chi connectivity index (χ3n) is 4.40. The molecule has 5 nitrogen and oxygen atoms in total. The van der Waals surface area contributed by atoms with E-state index in [1.165, 1.54) is 17.4 Å². The summed E-state index contributed by atoms with van der Waals surface area (Å²) >= 11 is 1.36. The van der Waals surface area contributed by atoms with Crippen molar-refractivity contribution in [2.24, 2.45) is 0 Å². The van der Waals surface area contributed by atoms with Crippen LogP contribution in [0.25, 0.3) is 0 Å². The standard InChI is InChI=1S/C22H22F3N3O2S/c1-14-4-7-17(8-5-14)30-12-21-26-16(13-31-21)11-20(29)27-18-10-15(22(23,24)25)6-9-19(18)28(2)3/h4-10,13H,11-12H2,1-3H3,(H,27,29). The quantitative estimate of drug-likeness (QED) is 0.532. The van der Waals surface area contributed by atoms with Crippen molar-refractivity contribution in [3.05, 3.63) is 69.7 Å². The molecule has 3 rings (SSSR count). The van der Waals surface area contributed by atoms with E-state index < -0.39 is 17.6 Å². The van der Waals surface area contributed by atoms with Crippen LogP contribution in [-0.4, -0.2) is 25.0 Å². The maximum atomic E-state index is 13.1. The second-order valence-electron chi connectivity index (χ2n) is 7.18. The zero-order chi connectivity index (χ0) is 22.6. The van der Waals surface area contributed by atoms with E-state index in [-0.39, 0.29) is 18.7 Å². The molecule has 0 aliphatic heterocycles. The van der Waals surface area contributed by atoms with Crippen molar-refractivity contribution in [3.8, 4) is 5.75 Å². The minimum Gasteiger partial charge on any atom is -0.486 e. The van der Waals surface area contributed by atoms with Crippen LogP contribution in [0.15, 0.2) is 47.8 Å². The van der Waals surface area contributed by atoms with Crippen molar-refractivity contribution in [3.63, 3.8) is 0 Å². The number of amides is 1. The molecule has 0 aliphatic rings. The zero-order valence-corrected chi connectivity index (χ0v) is 18.1. The first-order valence-electron chi connectivity index (χ1n) is 9.43. The van der Waals surface area contributed by atoms with Gasteiger partial charge in [-0.15, -0.1) is 11.3 Å². The molecule has 0 spiro atoms. The largest absolute Gasteiger partial charge is 0.486 e. The molecular weight excluding hydrogens is 427 g/mol.